The first kappa shape index (κ1) is 22.4. The van der Waals surface area contributed by atoms with Gasteiger partial charge in [0.25, 0.3) is 0 Å². The molecule has 0 fully saturated rings. The van der Waals surface area contributed by atoms with Crippen LogP contribution in [0.3, 0.4) is 0 Å². The molecule has 1 amide bonds. The van der Waals surface area contributed by atoms with Crippen LogP contribution < -0.4 is 10.1 Å². The van der Waals surface area contributed by atoms with E-state index in [0.29, 0.717) is 5.92 Å². The minimum atomic E-state index is -4.59. The van der Waals surface area contributed by atoms with Gasteiger partial charge in [0.15, 0.2) is 0 Å². The van der Waals surface area contributed by atoms with Crippen molar-refractivity contribution >= 4 is 12.0 Å². The highest BCUT2D eigenvalue weighted by Gasteiger charge is 2.35. The van der Waals surface area contributed by atoms with Gasteiger partial charge in [-0.05, 0) is 42.5 Å². The summed E-state index contributed by atoms with van der Waals surface area (Å²) in [6, 6.07) is 5.20. The third kappa shape index (κ3) is 6.62. The third-order valence-corrected chi connectivity index (χ3v) is 4.03. The van der Waals surface area contributed by atoms with E-state index in [9.17, 15) is 18.0 Å². The lowest BCUT2D eigenvalue weighted by atomic mass is 10.00. The van der Waals surface area contributed by atoms with Crippen LogP contribution in [0.1, 0.15) is 32.8 Å². The van der Waals surface area contributed by atoms with Gasteiger partial charge < -0.3 is 9.47 Å². The van der Waals surface area contributed by atoms with Gasteiger partial charge in [0.1, 0.15) is 5.75 Å². The predicted octanol–water partition coefficient (Wildman–Crippen LogP) is 5.40. The standard InChI is InChI=1S/C20H24F3N3O3/c1-12(2)9-13(3)11-29-17-6-5-14(10-15(17)20(21,22)23)16-7-8-24-18(25-16)26-19(27)28-4/h5-8,10,12-13H,9,11H2,1-4H3,(H,24,25,26,27). The Morgan fingerprint density at radius 1 is 1.21 bits per heavy atom. The Hall–Kier alpha value is -2.84. The molecule has 1 atom stereocenters. The quantitative estimate of drug-likeness (QED) is 0.660. The fraction of sp³-hybridized carbons (Fsp3) is 0.450. The minimum Gasteiger partial charge on any atom is -0.493 e. The summed E-state index contributed by atoms with van der Waals surface area (Å²) in [5.41, 5.74) is -0.445. The van der Waals surface area contributed by atoms with Crippen molar-refractivity contribution in [2.75, 3.05) is 19.0 Å². The number of anilines is 1. The highest BCUT2D eigenvalue weighted by molar-refractivity contribution is 5.82. The van der Waals surface area contributed by atoms with Crippen molar-refractivity contribution in [3.63, 3.8) is 0 Å². The van der Waals surface area contributed by atoms with E-state index in [4.69, 9.17) is 4.74 Å². The fourth-order valence-corrected chi connectivity index (χ4v) is 2.86. The first-order valence-electron chi connectivity index (χ1n) is 9.12. The van der Waals surface area contributed by atoms with Crippen LogP contribution in [0, 0.1) is 11.8 Å². The van der Waals surface area contributed by atoms with Crippen molar-refractivity contribution in [3.05, 3.63) is 36.0 Å². The van der Waals surface area contributed by atoms with E-state index in [-0.39, 0.29) is 35.5 Å². The SMILES string of the molecule is COC(=O)Nc1nccc(-c2ccc(OCC(C)CC(C)C)c(C(F)(F)F)c2)n1. The number of nitrogens with zero attached hydrogens (tertiary/aromatic N) is 2. The second-order valence-corrected chi connectivity index (χ2v) is 7.14. The van der Waals surface area contributed by atoms with Gasteiger partial charge in [-0.15, -0.1) is 0 Å². The summed E-state index contributed by atoms with van der Waals surface area (Å²) in [5.74, 6) is 0.262. The average Bonchev–Trinajstić information content (AvgIpc) is 2.65. The summed E-state index contributed by atoms with van der Waals surface area (Å²) in [4.78, 5) is 19.2. The molecule has 0 saturated heterocycles. The van der Waals surface area contributed by atoms with Gasteiger partial charge in [-0.1, -0.05) is 20.8 Å². The molecule has 1 N–H and O–H groups in total. The Morgan fingerprint density at radius 3 is 2.55 bits per heavy atom. The number of hydrogen-bond acceptors (Lipinski definition) is 5. The van der Waals surface area contributed by atoms with Crippen molar-refractivity contribution in [2.24, 2.45) is 11.8 Å². The maximum Gasteiger partial charge on any atom is 0.419 e. The predicted molar refractivity (Wildman–Crippen MR) is 103 cm³/mol. The number of aromatic nitrogens is 2. The van der Waals surface area contributed by atoms with E-state index in [1.165, 1.54) is 31.5 Å². The van der Waals surface area contributed by atoms with Crippen molar-refractivity contribution in [3.8, 4) is 17.0 Å². The number of alkyl halides is 3. The van der Waals surface area contributed by atoms with Gasteiger partial charge >= 0.3 is 12.3 Å². The lowest BCUT2D eigenvalue weighted by Crippen LogP contribution is -2.15. The second-order valence-electron chi connectivity index (χ2n) is 7.14. The van der Waals surface area contributed by atoms with Gasteiger partial charge in [-0.3, -0.25) is 5.32 Å². The summed E-state index contributed by atoms with van der Waals surface area (Å²) in [5, 5.41) is 2.28. The highest BCUT2D eigenvalue weighted by Crippen LogP contribution is 2.39. The molecule has 158 valence electrons. The molecule has 0 spiro atoms. The number of amides is 1. The van der Waals surface area contributed by atoms with Crippen LogP contribution in [0.15, 0.2) is 30.5 Å². The Morgan fingerprint density at radius 2 is 1.93 bits per heavy atom. The Bertz CT molecular complexity index is 841. The van der Waals surface area contributed by atoms with Crippen LogP contribution in [0.25, 0.3) is 11.3 Å². The number of carbonyl (C=O) groups excluding carboxylic acids is 1. The molecule has 0 saturated carbocycles. The Kier molecular flexibility index (Phi) is 7.41. The largest absolute Gasteiger partial charge is 0.493 e. The number of benzene rings is 1. The normalized spacial score (nSPS) is 12.6. The molecule has 29 heavy (non-hydrogen) atoms. The minimum absolute atomic E-state index is 0.0780. The monoisotopic (exact) mass is 411 g/mol. The molecule has 0 bridgehead atoms. The topological polar surface area (TPSA) is 73.3 Å². The van der Waals surface area contributed by atoms with Crippen molar-refractivity contribution in [1.29, 1.82) is 0 Å². The van der Waals surface area contributed by atoms with E-state index in [0.717, 1.165) is 12.5 Å². The zero-order valence-electron chi connectivity index (χ0n) is 16.7. The van der Waals surface area contributed by atoms with E-state index in [1.807, 2.05) is 6.92 Å². The van der Waals surface area contributed by atoms with Gasteiger partial charge in [-0.25, -0.2) is 14.8 Å². The highest BCUT2D eigenvalue weighted by atomic mass is 19.4. The Labute approximate surface area is 167 Å². The van der Waals surface area contributed by atoms with Gasteiger partial charge in [-0.2, -0.15) is 13.2 Å². The molecular formula is C20H24F3N3O3. The molecule has 0 aliphatic heterocycles. The maximum absolute atomic E-state index is 13.6. The van der Waals surface area contributed by atoms with Crippen molar-refractivity contribution in [2.45, 2.75) is 33.4 Å². The summed E-state index contributed by atoms with van der Waals surface area (Å²) in [6.45, 7) is 6.24. The summed E-state index contributed by atoms with van der Waals surface area (Å²) in [6.07, 6.45) is -3.18. The lowest BCUT2D eigenvalue weighted by molar-refractivity contribution is -0.139. The number of nitrogens with one attached hydrogen (secondary N) is 1. The molecule has 9 heteroatoms. The zero-order valence-corrected chi connectivity index (χ0v) is 16.7. The van der Waals surface area contributed by atoms with Crippen molar-refractivity contribution < 1.29 is 27.4 Å². The maximum atomic E-state index is 13.6. The van der Waals surface area contributed by atoms with E-state index >= 15 is 0 Å². The molecule has 1 heterocycles. The number of hydrogen-bond donors (Lipinski definition) is 1. The van der Waals surface area contributed by atoms with Gasteiger partial charge in [0, 0.05) is 11.8 Å². The first-order chi connectivity index (χ1) is 13.6. The van der Waals surface area contributed by atoms with E-state index < -0.39 is 17.8 Å². The molecule has 1 unspecified atom stereocenters. The van der Waals surface area contributed by atoms with Crippen LogP contribution >= 0.6 is 0 Å². The number of ether oxygens (including phenoxy) is 2. The molecule has 1 aromatic carbocycles. The third-order valence-electron chi connectivity index (χ3n) is 4.03. The summed E-state index contributed by atoms with van der Waals surface area (Å²) >= 11 is 0. The van der Waals surface area contributed by atoms with Crippen LogP contribution in [-0.4, -0.2) is 29.8 Å². The number of methoxy groups -OCH3 is 1. The van der Waals surface area contributed by atoms with E-state index in [1.54, 1.807) is 0 Å². The van der Waals surface area contributed by atoms with Crippen LogP contribution in [0.5, 0.6) is 5.75 Å². The lowest BCUT2D eigenvalue weighted by Gasteiger charge is -2.19. The molecule has 6 nitrogen and oxygen atoms in total. The van der Waals surface area contributed by atoms with Crippen molar-refractivity contribution in [1.82, 2.24) is 9.97 Å². The molecule has 0 aliphatic rings. The number of rotatable bonds is 7. The van der Waals surface area contributed by atoms with Gasteiger partial charge in [0.2, 0.25) is 5.95 Å². The average molecular weight is 411 g/mol. The van der Waals surface area contributed by atoms with Crippen LogP contribution in [0.4, 0.5) is 23.9 Å². The molecule has 0 radical (unpaired) electrons. The molecule has 1 aromatic heterocycles. The Balaban J connectivity index is 2.29. The number of halogens is 3. The zero-order chi connectivity index (χ0) is 21.6. The van der Waals surface area contributed by atoms with Crippen LogP contribution in [0.2, 0.25) is 0 Å². The molecular weight excluding hydrogens is 387 g/mol. The molecule has 2 aromatic rings. The molecule has 2 rings (SSSR count). The number of carbonyl (C=O) groups is 1. The van der Waals surface area contributed by atoms with Gasteiger partial charge in [0.05, 0.1) is 25.0 Å². The summed E-state index contributed by atoms with van der Waals surface area (Å²) < 4.78 is 50.7. The van der Waals surface area contributed by atoms with Crippen LogP contribution in [-0.2, 0) is 10.9 Å². The first-order valence-corrected chi connectivity index (χ1v) is 9.12. The fourth-order valence-electron chi connectivity index (χ4n) is 2.86. The molecule has 0 aliphatic carbocycles. The second kappa shape index (κ2) is 9.58. The summed E-state index contributed by atoms with van der Waals surface area (Å²) in [7, 11) is 1.18. The smallest absolute Gasteiger partial charge is 0.419 e. The van der Waals surface area contributed by atoms with E-state index in [2.05, 4.69) is 33.9 Å².